The van der Waals surface area contributed by atoms with Crippen molar-refractivity contribution >= 4 is 37.1 Å². The maximum Gasteiger partial charge on any atom is 0.189 e. The van der Waals surface area contributed by atoms with E-state index in [9.17, 15) is 21.2 Å². The smallest absolute Gasteiger partial charge is 0.189 e. The zero-order valence-corrected chi connectivity index (χ0v) is 22.0. The first-order chi connectivity index (χ1) is 17.5. The summed E-state index contributed by atoms with van der Waals surface area (Å²) in [4.78, 5) is 4.00. The number of hydrogen-bond donors (Lipinski definition) is 1. The van der Waals surface area contributed by atoms with Crippen LogP contribution in [0.3, 0.4) is 0 Å². The van der Waals surface area contributed by atoms with E-state index < -0.39 is 53.8 Å². The van der Waals surface area contributed by atoms with E-state index in [4.69, 9.17) is 21.1 Å². The molecule has 3 aliphatic heterocycles. The van der Waals surface area contributed by atoms with Gasteiger partial charge in [-0.05, 0) is 49.2 Å². The van der Waals surface area contributed by atoms with Gasteiger partial charge in [0.2, 0.25) is 0 Å². The monoisotopic (exact) mass is 574 g/mol. The SMILES string of the molecule is O=S(=O)(CC[C@@H]1OCC[C@@]2(S(=O)(=O)c3ccc(Cl)cc3)c3c(F)ccc(F)c3OC[C@@H]12)CC1=NCCN1. The van der Waals surface area contributed by atoms with Gasteiger partial charge in [0, 0.05) is 24.1 Å². The Labute approximate surface area is 218 Å². The number of hydrogen-bond acceptors (Lipinski definition) is 8. The van der Waals surface area contributed by atoms with Gasteiger partial charge in [-0.3, -0.25) is 4.99 Å². The Hall–Kier alpha value is -2.28. The average molecular weight is 575 g/mol. The van der Waals surface area contributed by atoms with Crippen LogP contribution in [0.15, 0.2) is 46.3 Å². The van der Waals surface area contributed by atoms with Crippen molar-refractivity contribution in [2.75, 3.05) is 37.8 Å². The zero-order chi connectivity index (χ0) is 26.4. The van der Waals surface area contributed by atoms with Gasteiger partial charge in [0.15, 0.2) is 31.2 Å². The first kappa shape index (κ1) is 26.3. The number of ether oxygens (including phenoxy) is 2. The van der Waals surface area contributed by atoms with E-state index in [-0.39, 0.29) is 48.0 Å². The molecule has 1 N–H and O–H groups in total. The van der Waals surface area contributed by atoms with Gasteiger partial charge < -0.3 is 14.8 Å². The predicted octanol–water partition coefficient (Wildman–Crippen LogP) is 2.89. The standard InChI is InChI=1S/C24H25ClF2N2O6S2/c25-15-1-3-16(4-2-15)37(32,33)24-8-11-34-20(7-12-36(30,31)14-21-28-9-10-29-21)17(24)13-35-23-19(27)6-5-18(26)22(23)24/h1-6,17,20H,7-14H2,(H,28,29)/t17-,20-,24-/m0/s1. The molecule has 0 amide bonds. The predicted molar refractivity (Wildman–Crippen MR) is 134 cm³/mol. The number of sulfone groups is 2. The van der Waals surface area contributed by atoms with Crippen molar-refractivity contribution in [3.05, 3.63) is 58.6 Å². The van der Waals surface area contributed by atoms with Crippen molar-refractivity contribution in [2.45, 2.75) is 28.6 Å². The molecule has 0 unspecified atom stereocenters. The Balaban J connectivity index is 1.57. The van der Waals surface area contributed by atoms with Crippen LogP contribution in [-0.2, 0) is 29.2 Å². The molecule has 3 atom stereocenters. The summed E-state index contributed by atoms with van der Waals surface area (Å²) >= 11 is 5.96. The highest BCUT2D eigenvalue weighted by Crippen LogP contribution is 2.55. The number of rotatable bonds is 7. The minimum Gasteiger partial charge on any atom is -0.490 e. The number of amidine groups is 1. The molecule has 3 heterocycles. The molecule has 0 radical (unpaired) electrons. The van der Waals surface area contributed by atoms with E-state index >= 15 is 4.39 Å². The molecule has 0 aliphatic carbocycles. The molecule has 1 saturated heterocycles. The van der Waals surface area contributed by atoms with Gasteiger partial charge in [-0.2, -0.15) is 0 Å². The Bertz CT molecular complexity index is 1450. The van der Waals surface area contributed by atoms with Gasteiger partial charge in [0.1, 0.15) is 22.2 Å². The molecule has 13 heteroatoms. The first-order valence-electron chi connectivity index (χ1n) is 11.8. The molecule has 1 fully saturated rings. The fourth-order valence-electron chi connectivity index (χ4n) is 5.45. The third kappa shape index (κ3) is 4.62. The normalized spacial score (nSPS) is 25.4. The first-order valence-corrected chi connectivity index (χ1v) is 15.4. The lowest BCUT2D eigenvalue weighted by molar-refractivity contribution is -0.0732. The van der Waals surface area contributed by atoms with Gasteiger partial charge in [-0.15, -0.1) is 0 Å². The van der Waals surface area contributed by atoms with Crippen molar-refractivity contribution < 1.29 is 35.1 Å². The molecule has 2 aromatic rings. The van der Waals surface area contributed by atoms with Crippen LogP contribution in [-0.4, -0.2) is 66.6 Å². The summed E-state index contributed by atoms with van der Waals surface area (Å²) in [7, 11) is -7.96. The van der Waals surface area contributed by atoms with Crippen LogP contribution in [0.4, 0.5) is 8.78 Å². The van der Waals surface area contributed by atoms with Crippen LogP contribution in [0.25, 0.3) is 0 Å². The lowest BCUT2D eigenvalue weighted by atomic mass is 9.75. The molecule has 2 aromatic carbocycles. The lowest BCUT2D eigenvalue weighted by Gasteiger charge is -2.50. The van der Waals surface area contributed by atoms with Crippen molar-refractivity contribution in [3.8, 4) is 5.75 Å². The lowest BCUT2D eigenvalue weighted by Crippen LogP contribution is -2.57. The third-order valence-corrected chi connectivity index (χ3v) is 11.5. The van der Waals surface area contributed by atoms with Crippen LogP contribution in [0.5, 0.6) is 5.75 Å². The Kier molecular flexibility index (Phi) is 6.97. The Morgan fingerprint density at radius 3 is 2.51 bits per heavy atom. The minimum atomic E-state index is -4.36. The maximum atomic E-state index is 15.4. The maximum absolute atomic E-state index is 15.4. The molecular formula is C24H25ClF2N2O6S2. The van der Waals surface area contributed by atoms with Gasteiger partial charge in [-0.1, -0.05) is 11.6 Å². The summed E-state index contributed by atoms with van der Waals surface area (Å²) in [5.74, 6) is -3.43. The second-order valence-electron chi connectivity index (χ2n) is 9.29. The summed E-state index contributed by atoms with van der Waals surface area (Å²) in [6.45, 7) is 0.683. The molecule has 200 valence electrons. The van der Waals surface area contributed by atoms with Gasteiger partial charge in [0.25, 0.3) is 0 Å². The van der Waals surface area contributed by atoms with E-state index in [2.05, 4.69) is 10.3 Å². The van der Waals surface area contributed by atoms with Crippen LogP contribution >= 0.6 is 11.6 Å². The van der Waals surface area contributed by atoms with Gasteiger partial charge in [-0.25, -0.2) is 25.6 Å². The van der Waals surface area contributed by atoms with E-state index in [0.29, 0.717) is 23.9 Å². The zero-order valence-electron chi connectivity index (χ0n) is 19.6. The number of fused-ring (bicyclic) bond motifs is 3. The Morgan fingerprint density at radius 1 is 1.08 bits per heavy atom. The summed E-state index contributed by atoms with van der Waals surface area (Å²) < 4.78 is 93.8. The average Bonchev–Trinajstić information content (AvgIpc) is 3.37. The third-order valence-electron chi connectivity index (χ3n) is 7.16. The van der Waals surface area contributed by atoms with E-state index in [1.807, 2.05) is 0 Å². The molecule has 0 spiro atoms. The van der Waals surface area contributed by atoms with Gasteiger partial charge in [0.05, 0.1) is 35.5 Å². The van der Waals surface area contributed by atoms with Crippen LogP contribution in [0.1, 0.15) is 18.4 Å². The fourth-order valence-corrected chi connectivity index (χ4v) is 9.27. The molecule has 3 aliphatic rings. The highest BCUT2D eigenvalue weighted by Gasteiger charge is 2.61. The van der Waals surface area contributed by atoms with E-state index in [0.717, 1.165) is 12.1 Å². The van der Waals surface area contributed by atoms with Crippen LogP contribution < -0.4 is 10.1 Å². The number of nitrogens with one attached hydrogen (secondary N) is 1. The number of halogens is 3. The minimum absolute atomic E-state index is 0.0478. The fraction of sp³-hybridized carbons (Fsp3) is 0.458. The molecular weight excluding hydrogens is 550 g/mol. The highest BCUT2D eigenvalue weighted by atomic mass is 35.5. The van der Waals surface area contributed by atoms with Crippen molar-refractivity contribution in [3.63, 3.8) is 0 Å². The molecule has 37 heavy (non-hydrogen) atoms. The number of aliphatic imine (C=N–C) groups is 1. The topological polar surface area (TPSA) is 111 Å². The largest absolute Gasteiger partial charge is 0.490 e. The number of nitrogens with zero attached hydrogens (tertiary/aromatic N) is 1. The van der Waals surface area contributed by atoms with Crippen LogP contribution in [0.2, 0.25) is 5.02 Å². The summed E-state index contributed by atoms with van der Waals surface area (Å²) in [5, 5.41) is 3.23. The van der Waals surface area contributed by atoms with Gasteiger partial charge >= 0.3 is 0 Å². The van der Waals surface area contributed by atoms with Crippen molar-refractivity contribution in [1.29, 1.82) is 0 Å². The molecule has 0 saturated carbocycles. The molecule has 8 nitrogen and oxygen atoms in total. The second-order valence-corrected chi connectivity index (χ2v) is 14.1. The summed E-state index contributed by atoms with van der Waals surface area (Å²) in [5.41, 5.74) is -0.389. The van der Waals surface area contributed by atoms with Crippen LogP contribution in [0, 0.1) is 17.6 Å². The van der Waals surface area contributed by atoms with Crippen molar-refractivity contribution in [2.24, 2.45) is 10.9 Å². The molecule has 0 bridgehead atoms. The Morgan fingerprint density at radius 2 is 1.81 bits per heavy atom. The van der Waals surface area contributed by atoms with E-state index in [1.165, 1.54) is 24.3 Å². The molecule has 5 rings (SSSR count). The summed E-state index contributed by atoms with van der Waals surface area (Å²) in [6.07, 6.45) is -1.11. The number of benzene rings is 2. The van der Waals surface area contributed by atoms with Crippen molar-refractivity contribution in [1.82, 2.24) is 5.32 Å². The second kappa shape index (κ2) is 9.79. The quantitative estimate of drug-likeness (QED) is 0.541. The summed E-state index contributed by atoms with van der Waals surface area (Å²) in [6, 6.07) is 7.22. The molecule has 0 aromatic heterocycles. The van der Waals surface area contributed by atoms with E-state index in [1.54, 1.807) is 0 Å². The highest BCUT2D eigenvalue weighted by molar-refractivity contribution is 7.92.